The number of carbonyl (C=O) groups excluding carboxylic acids is 1. The molecule has 1 aliphatic rings. The van der Waals surface area contributed by atoms with Crippen molar-refractivity contribution in [3.8, 4) is 0 Å². The number of nitrogens with one attached hydrogen (secondary N) is 1. The van der Waals surface area contributed by atoms with Crippen LogP contribution in [-0.4, -0.2) is 79.8 Å². The van der Waals surface area contributed by atoms with Crippen molar-refractivity contribution in [2.75, 3.05) is 52.2 Å². The molecule has 1 aromatic rings. The van der Waals surface area contributed by atoms with Gasteiger partial charge in [-0.1, -0.05) is 0 Å². The zero-order valence-corrected chi connectivity index (χ0v) is 23.1. The third-order valence-electron chi connectivity index (χ3n) is 5.36. The number of ether oxygens (including phenoxy) is 1. The molecule has 0 saturated carbocycles. The highest BCUT2D eigenvalue weighted by Gasteiger charge is 2.27. The Hall–Kier alpha value is -1.78. The molecule has 9 heteroatoms. The first kappa shape index (κ1) is 28.3. The van der Waals surface area contributed by atoms with Crippen molar-refractivity contribution in [1.82, 2.24) is 20.1 Å². The van der Waals surface area contributed by atoms with Gasteiger partial charge in [0.25, 0.3) is 0 Å². The number of guanidine groups is 1. The third-order valence-corrected chi connectivity index (χ3v) is 5.36. The number of aromatic nitrogens is 1. The van der Waals surface area contributed by atoms with Crippen molar-refractivity contribution in [2.45, 2.75) is 52.7 Å². The van der Waals surface area contributed by atoms with Gasteiger partial charge in [0.2, 0.25) is 0 Å². The van der Waals surface area contributed by atoms with Gasteiger partial charge in [-0.25, -0.2) is 9.78 Å². The van der Waals surface area contributed by atoms with E-state index in [0.717, 1.165) is 44.3 Å². The molecule has 2 heterocycles. The number of nitrogens with zero attached hydrogens (tertiary/aromatic N) is 5. The molecule has 2 rings (SSSR count). The average Bonchev–Trinajstić information content (AvgIpc) is 2.72. The van der Waals surface area contributed by atoms with Crippen molar-refractivity contribution in [2.24, 2.45) is 10.9 Å². The fraction of sp³-hybridized carbons (Fsp3) is 0.696. The molecular formula is C23H41IN6O2. The normalized spacial score (nSPS) is 15.1. The summed E-state index contributed by atoms with van der Waals surface area (Å²) in [6.07, 6.45) is 3.68. The highest BCUT2D eigenvalue weighted by molar-refractivity contribution is 14.0. The molecule has 1 fully saturated rings. The molecule has 0 bridgehead atoms. The molecule has 8 nitrogen and oxygen atoms in total. The Balaban J connectivity index is 0.00000512. The van der Waals surface area contributed by atoms with Gasteiger partial charge in [0.1, 0.15) is 11.4 Å². The number of rotatable bonds is 6. The van der Waals surface area contributed by atoms with Gasteiger partial charge in [0, 0.05) is 60.1 Å². The van der Waals surface area contributed by atoms with Crippen molar-refractivity contribution >= 4 is 41.8 Å². The number of pyridine rings is 1. The van der Waals surface area contributed by atoms with Crippen molar-refractivity contribution in [3.63, 3.8) is 0 Å². The second kappa shape index (κ2) is 13.1. The lowest BCUT2D eigenvalue weighted by Crippen LogP contribution is -2.47. The molecule has 1 aromatic heterocycles. The summed E-state index contributed by atoms with van der Waals surface area (Å²) >= 11 is 0. The summed E-state index contributed by atoms with van der Waals surface area (Å²) < 4.78 is 5.55. The molecule has 182 valence electrons. The van der Waals surface area contributed by atoms with Crippen molar-refractivity contribution in [3.05, 3.63) is 23.9 Å². The van der Waals surface area contributed by atoms with Gasteiger partial charge in [-0.3, -0.25) is 4.99 Å². The van der Waals surface area contributed by atoms with Crippen LogP contribution >= 0.6 is 24.0 Å². The van der Waals surface area contributed by atoms with Crippen molar-refractivity contribution < 1.29 is 9.53 Å². The minimum atomic E-state index is -0.464. The largest absolute Gasteiger partial charge is 0.444 e. The number of piperidine rings is 1. The van der Waals surface area contributed by atoms with Crippen LogP contribution in [0.4, 0.5) is 10.6 Å². The Bertz CT molecular complexity index is 742. The quantitative estimate of drug-likeness (QED) is 0.324. The second-order valence-corrected chi connectivity index (χ2v) is 9.27. The zero-order chi connectivity index (χ0) is 23.0. The van der Waals surface area contributed by atoms with E-state index in [9.17, 15) is 4.79 Å². The Labute approximate surface area is 210 Å². The number of aliphatic imine (C=N–C) groups is 1. The maximum absolute atomic E-state index is 12.4. The highest BCUT2D eigenvalue weighted by Crippen LogP contribution is 2.20. The van der Waals surface area contributed by atoms with Crippen LogP contribution in [0.25, 0.3) is 0 Å². The topological polar surface area (TPSA) is 73.3 Å². The van der Waals surface area contributed by atoms with E-state index in [2.05, 4.69) is 26.3 Å². The van der Waals surface area contributed by atoms with Crippen LogP contribution in [0.2, 0.25) is 0 Å². The Morgan fingerprint density at radius 3 is 2.50 bits per heavy atom. The summed E-state index contributed by atoms with van der Waals surface area (Å²) in [5.41, 5.74) is 0.708. The number of anilines is 1. The maximum atomic E-state index is 12.4. The van der Waals surface area contributed by atoms with Crippen LogP contribution in [0.1, 0.15) is 46.1 Å². The number of hydrogen-bond donors (Lipinski definition) is 1. The molecule has 1 N–H and O–H groups in total. The molecule has 1 aliphatic heterocycles. The monoisotopic (exact) mass is 560 g/mol. The maximum Gasteiger partial charge on any atom is 0.410 e. The molecule has 0 radical (unpaired) electrons. The molecule has 0 atom stereocenters. The summed E-state index contributed by atoms with van der Waals surface area (Å²) in [5, 5.41) is 3.48. The van der Waals surface area contributed by atoms with Crippen molar-refractivity contribution in [1.29, 1.82) is 0 Å². The van der Waals surface area contributed by atoms with Gasteiger partial charge < -0.3 is 24.8 Å². The van der Waals surface area contributed by atoms with Crippen LogP contribution in [0.3, 0.4) is 0 Å². The van der Waals surface area contributed by atoms with E-state index in [4.69, 9.17) is 4.74 Å². The van der Waals surface area contributed by atoms with E-state index in [1.165, 1.54) is 5.56 Å². The Morgan fingerprint density at radius 1 is 1.31 bits per heavy atom. The molecule has 0 spiro atoms. The van der Waals surface area contributed by atoms with Gasteiger partial charge in [-0.2, -0.15) is 0 Å². The zero-order valence-electron chi connectivity index (χ0n) is 20.7. The van der Waals surface area contributed by atoms with Crippen LogP contribution in [0.15, 0.2) is 23.3 Å². The number of carbonyl (C=O) groups is 1. The lowest BCUT2D eigenvalue weighted by atomic mass is 9.96. The molecule has 0 aromatic carbocycles. The number of hydrogen-bond acceptors (Lipinski definition) is 5. The van der Waals surface area contributed by atoms with Gasteiger partial charge in [-0.05, 0) is 64.2 Å². The number of likely N-dealkylation sites (tertiary alicyclic amines) is 1. The first-order chi connectivity index (χ1) is 14.6. The molecular weight excluding hydrogens is 519 g/mol. The minimum Gasteiger partial charge on any atom is -0.444 e. The van der Waals surface area contributed by atoms with E-state index in [1.54, 1.807) is 0 Å². The van der Waals surface area contributed by atoms with E-state index in [-0.39, 0.29) is 30.1 Å². The first-order valence-electron chi connectivity index (χ1n) is 11.2. The average molecular weight is 561 g/mol. The van der Waals surface area contributed by atoms with E-state index >= 15 is 0 Å². The predicted molar refractivity (Wildman–Crippen MR) is 142 cm³/mol. The van der Waals surface area contributed by atoms with Gasteiger partial charge in [-0.15, -0.1) is 24.0 Å². The fourth-order valence-electron chi connectivity index (χ4n) is 3.63. The third kappa shape index (κ3) is 8.99. The van der Waals surface area contributed by atoms with Gasteiger partial charge in [0.05, 0.1) is 0 Å². The van der Waals surface area contributed by atoms with Crippen LogP contribution in [0, 0.1) is 5.92 Å². The minimum absolute atomic E-state index is 0. The highest BCUT2D eigenvalue weighted by atomic mass is 127. The van der Waals surface area contributed by atoms with E-state index in [1.807, 2.05) is 70.9 Å². The van der Waals surface area contributed by atoms with Crippen LogP contribution in [0.5, 0.6) is 0 Å². The smallest absolute Gasteiger partial charge is 0.410 e. The SMILES string of the molecule is CCN(CC1CCN(C(=NC)NCc2ccnc(N(C)C)c2)CC1)C(=O)OC(C)(C)C.I. The van der Waals surface area contributed by atoms with Gasteiger partial charge in [0.15, 0.2) is 5.96 Å². The van der Waals surface area contributed by atoms with E-state index in [0.29, 0.717) is 19.0 Å². The molecule has 1 saturated heterocycles. The lowest BCUT2D eigenvalue weighted by Gasteiger charge is -2.36. The molecule has 0 unspecified atom stereocenters. The summed E-state index contributed by atoms with van der Waals surface area (Å²) in [5.74, 6) is 2.34. The van der Waals surface area contributed by atoms with Crippen LogP contribution in [-0.2, 0) is 11.3 Å². The first-order valence-corrected chi connectivity index (χ1v) is 11.2. The Kier molecular flexibility index (Phi) is 11.5. The summed E-state index contributed by atoms with van der Waals surface area (Å²) in [4.78, 5) is 27.4. The standard InChI is InChI=1S/C23H40N6O2.HI/c1-8-28(22(30)31-23(2,3)4)17-18-10-13-29(14-11-18)21(24-5)26-16-19-9-12-25-20(15-19)27(6)7;/h9,12,15,18H,8,10-11,13-14,16-17H2,1-7H3,(H,24,26);1H. The summed E-state index contributed by atoms with van der Waals surface area (Å²) in [7, 11) is 5.81. The number of halogens is 1. The van der Waals surface area contributed by atoms with Crippen LogP contribution < -0.4 is 10.2 Å². The molecule has 1 amide bonds. The lowest BCUT2D eigenvalue weighted by molar-refractivity contribution is 0.0214. The Morgan fingerprint density at radius 2 is 1.97 bits per heavy atom. The van der Waals surface area contributed by atoms with E-state index < -0.39 is 5.60 Å². The predicted octanol–water partition coefficient (Wildman–Crippen LogP) is 3.81. The fourth-order valence-corrected chi connectivity index (χ4v) is 3.63. The summed E-state index contributed by atoms with van der Waals surface area (Å²) in [6.45, 7) is 11.7. The molecule has 0 aliphatic carbocycles. The molecule has 32 heavy (non-hydrogen) atoms. The number of amides is 1. The second-order valence-electron chi connectivity index (χ2n) is 9.27. The van der Waals surface area contributed by atoms with Gasteiger partial charge >= 0.3 is 6.09 Å². The summed E-state index contributed by atoms with van der Waals surface area (Å²) in [6, 6.07) is 4.11.